The highest BCUT2D eigenvalue weighted by Gasteiger charge is 2.27. The molecule has 1 aromatic heterocycles. The van der Waals surface area contributed by atoms with Crippen molar-refractivity contribution in [3.8, 4) is 16.3 Å². The molecule has 0 spiro atoms. The van der Waals surface area contributed by atoms with Gasteiger partial charge in [-0.3, -0.25) is 4.79 Å². The second-order valence-corrected chi connectivity index (χ2v) is 8.67. The van der Waals surface area contributed by atoms with Gasteiger partial charge in [-0.2, -0.15) is 0 Å². The van der Waals surface area contributed by atoms with E-state index in [2.05, 4.69) is 10.2 Å². The topological polar surface area (TPSA) is 58.6 Å². The number of benzene rings is 2. The maximum atomic E-state index is 12.9. The zero-order valence-electron chi connectivity index (χ0n) is 17.5. The van der Waals surface area contributed by atoms with E-state index < -0.39 is 0 Å². The van der Waals surface area contributed by atoms with Crippen LogP contribution in [-0.4, -0.2) is 55.3 Å². The van der Waals surface area contributed by atoms with Gasteiger partial charge >= 0.3 is 0 Å². The molecule has 1 aliphatic heterocycles. The quantitative estimate of drug-likeness (QED) is 0.614. The second kappa shape index (κ2) is 8.83. The standard InChI is InChI=1S/C23H26N4O2S/c1-26(2)18-8-6-7-17(15-18)23(28)27-13-11-16(12-14-27)21-24-25-22(30-21)19-9-4-5-10-20(19)29-3/h4-10,15-16H,11-14H2,1-3H3. The van der Waals surface area contributed by atoms with Crippen molar-refractivity contribution in [2.24, 2.45) is 0 Å². The van der Waals surface area contributed by atoms with Crippen LogP contribution in [0.4, 0.5) is 5.69 Å². The maximum Gasteiger partial charge on any atom is 0.253 e. The number of anilines is 1. The van der Waals surface area contributed by atoms with Crippen molar-refractivity contribution < 1.29 is 9.53 Å². The van der Waals surface area contributed by atoms with Crippen LogP contribution >= 0.6 is 11.3 Å². The summed E-state index contributed by atoms with van der Waals surface area (Å²) in [5.41, 5.74) is 2.75. The van der Waals surface area contributed by atoms with E-state index in [1.54, 1.807) is 18.4 Å². The predicted molar refractivity (Wildman–Crippen MR) is 121 cm³/mol. The molecule has 4 rings (SSSR count). The fraction of sp³-hybridized carbons (Fsp3) is 0.348. The van der Waals surface area contributed by atoms with Crippen LogP contribution in [0.25, 0.3) is 10.6 Å². The summed E-state index contributed by atoms with van der Waals surface area (Å²) in [6.45, 7) is 1.47. The van der Waals surface area contributed by atoms with E-state index in [0.29, 0.717) is 5.92 Å². The molecule has 1 saturated heterocycles. The lowest BCUT2D eigenvalue weighted by molar-refractivity contribution is 0.0713. The summed E-state index contributed by atoms with van der Waals surface area (Å²) in [5, 5.41) is 10.8. The number of hydrogen-bond donors (Lipinski definition) is 0. The molecule has 0 radical (unpaired) electrons. The SMILES string of the molecule is COc1ccccc1-c1nnc(C2CCN(C(=O)c3cccc(N(C)C)c3)CC2)s1. The minimum atomic E-state index is 0.101. The van der Waals surface area contributed by atoms with Gasteiger partial charge in [0.15, 0.2) is 5.01 Å². The molecule has 156 valence electrons. The number of hydrogen-bond acceptors (Lipinski definition) is 6. The molecule has 1 amide bonds. The zero-order chi connectivity index (χ0) is 21.1. The molecule has 6 nitrogen and oxygen atoms in total. The van der Waals surface area contributed by atoms with Crippen molar-refractivity contribution in [1.82, 2.24) is 15.1 Å². The average Bonchev–Trinajstić information content (AvgIpc) is 3.29. The van der Waals surface area contributed by atoms with Gasteiger partial charge in [-0.1, -0.05) is 29.5 Å². The van der Waals surface area contributed by atoms with Gasteiger partial charge in [-0.15, -0.1) is 10.2 Å². The Morgan fingerprint density at radius 2 is 1.87 bits per heavy atom. The fourth-order valence-corrected chi connectivity index (χ4v) is 4.80. The smallest absolute Gasteiger partial charge is 0.253 e. The van der Waals surface area contributed by atoms with E-state index in [-0.39, 0.29) is 5.91 Å². The Hall–Kier alpha value is -2.93. The highest BCUT2D eigenvalue weighted by Crippen LogP contribution is 2.36. The molecule has 1 aliphatic rings. The molecule has 30 heavy (non-hydrogen) atoms. The van der Waals surface area contributed by atoms with Gasteiger partial charge in [0.1, 0.15) is 10.8 Å². The molecular weight excluding hydrogens is 396 g/mol. The van der Waals surface area contributed by atoms with Crippen molar-refractivity contribution in [2.75, 3.05) is 39.2 Å². The van der Waals surface area contributed by atoms with Crippen LogP contribution in [0, 0.1) is 0 Å². The van der Waals surface area contributed by atoms with Gasteiger partial charge in [0.05, 0.1) is 12.7 Å². The number of methoxy groups -OCH3 is 1. The molecule has 0 unspecified atom stereocenters. The van der Waals surface area contributed by atoms with E-state index >= 15 is 0 Å². The lowest BCUT2D eigenvalue weighted by Gasteiger charge is -2.31. The van der Waals surface area contributed by atoms with E-state index in [4.69, 9.17) is 4.74 Å². The van der Waals surface area contributed by atoms with Crippen LogP contribution in [0.1, 0.15) is 34.1 Å². The Balaban J connectivity index is 1.42. The first-order chi connectivity index (χ1) is 14.6. The third-order valence-electron chi connectivity index (χ3n) is 5.52. The number of amides is 1. The number of likely N-dealkylation sites (tertiary alicyclic amines) is 1. The number of para-hydroxylation sites is 1. The van der Waals surface area contributed by atoms with Crippen molar-refractivity contribution in [1.29, 1.82) is 0 Å². The van der Waals surface area contributed by atoms with E-state index in [1.807, 2.05) is 72.4 Å². The van der Waals surface area contributed by atoms with E-state index in [9.17, 15) is 4.79 Å². The summed E-state index contributed by atoms with van der Waals surface area (Å²) >= 11 is 1.62. The summed E-state index contributed by atoms with van der Waals surface area (Å²) in [5.74, 6) is 1.24. The minimum Gasteiger partial charge on any atom is -0.496 e. The third-order valence-corrected chi connectivity index (χ3v) is 6.64. The summed E-state index contributed by atoms with van der Waals surface area (Å²) in [6.07, 6.45) is 1.80. The van der Waals surface area contributed by atoms with E-state index in [1.165, 1.54) is 0 Å². The maximum absolute atomic E-state index is 12.9. The lowest BCUT2D eigenvalue weighted by Crippen LogP contribution is -2.38. The number of piperidine rings is 1. The van der Waals surface area contributed by atoms with Crippen molar-refractivity contribution in [3.05, 3.63) is 59.1 Å². The van der Waals surface area contributed by atoms with Gasteiger partial charge in [0.25, 0.3) is 5.91 Å². The van der Waals surface area contributed by atoms with Crippen molar-refractivity contribution >= 4 is 22.9 Å². The molecule has 0 saturated carbocycles. The lowest BCUT2D eigenvalue weighted by atomic mass is 9.97. The number of carbonyl (C=O) groups excluding carboxylic acids is 1. The molecule has 1 fully saturated rings. The molecule has 3 aromatic rings. The Morgan fingerprint density at radius 1 is 1.10 bits per heavy atom. The van der Waals surface area contributed by atoms with Crippen molar-refractivity contribution in [3.63, 3.8) is 0 Å². The number of ether oxygens (including phenoxy) is 1. The molecule has 2 aromatic carbocycles. The molecule has 2 heterocycles. The van der Waals surface area contributed by atoms with Crippen molar-refractivity contribution in [2.45, 2.75) is 18.8 Å². The van der Waals surface area contributed by atoms with Gasteiger partial charge in [-0.25, -0.2) is 0 Å². The highest BCUT2D eigenvalue weighted by atomic mass is 32.1. The summed E-state index contributed by atoms with van der Waals surface area (Å²) in [7, 11) is 5.63. The molecule has 7 heteroatoms. The monoisotopic (exact) mass is 422 g/mol. The van der Waals surface area contributed by atoms with Gasteiger partial charge in [-0.05, 0) is 43.2 Å². The normalized spacial score (nSPS) is 14.6. The molecule has 0 atom stereocenters. The van der Waals surface area contributed by atoms with Crippen LogP contribution in [0.5, 0.6) is 5.75 Å². The van der Waals surface area contributed by atoms with Gasteiger partial charge in [0, 0.05) is 44.4 Å². The second-order valence-electron chi connectivity index (χ2n) is 7.66. The fourth-order valence-electron chi connectivity index (χ4n) is 3.76. The predicted octanol–water partition coefficient (Wildman–Crippen LogP) is 4.30. The first-order valence-electron chi connectivity index (χ1n) is 10.1. The summed E-state index contributed by atoms with van der Waals surface area (Å²) in [6, 6.07) is 15.7. The largest absolute Gasteiger partial charge is 0.496 e. The Labute approximate surface area is 181 Å². The summed E-state index contributed by atoms with van der Waals surface area (Å²) < 4.78 is 5.45. The van der Waals surface area contributed by atoms with Crippen LogP contribution in [-0.2, 0) is 0 Å². The third kappa shape index (κ3) is 4.16. The van der Waals surface area contributed by atoms with Crippen LogP contribution in [0.2, 0.25) is 0 Å². The Bertz CT molecular complexity index is 1030. The van der Waals surface area contributed by atoms with Crippen LogP contribution < -0.4 is 9.64 Å². The average molecular weight is 423 g/mol. The van der Waals surface area contributed by atoms with Crippen LogP contribution in [0.3, 0.4) is 0 Å². The van der Waals surface area contributed by atoms with Gasteiger partial charge in [0.2, 0.25) is 0 Å². The van der Waals surface area contributed by atoms with Crippen LogP contribution in [0.15, 0.2) is 48.5 Å². The first kappa shape index (κ1) is 20.3. The molecule has 0 bridgehead atoms. The first-order valence-corrected chi connectivity index (χ1v) is 10.9. The zero-order valence-corrected chi connectivity index (χ0v) is 18.4. The Kier molecular flexibility index (Phi) is 5.99. The Morgan fingerprint density at radius 3 is 2.60 bits per heavy atom. The van der Waals surface area contributed by atoms with E-state index in [0.717, 1.165) is 58.5 Å². The summed E-state index contributed by atoms with van der Waals surface area (Å²) in [4.78, 5) is 16.9. The molecule has 0 aliphatic carbocycles. The molecular formula is C23H26N4O2S. The van der Waals surface area contributed by atoms with Gasteiger partial charge < -0.3 is 14.5 Å². The number of rotatable bonds is 5. The number of nitrogens with zero attached hydrogens (tertiary/aromatic N) is 4. The highest BCUT2D eigenvalue weighted by molar-refractivity contribution is 7.14. The number of aromatic nitrogens is 2. The number of carbonyl (C=O) groups is 1. The minimum absolute atomic E-state index is 0.101. The molecule has 0 N–H and O–H groups in total.